The minimum absolute atomic E-state index is 0.821. The molecule has 0 bridgehead atoms. The highest BCUT2D eigenvalue weighted by Gasteiger charge is 2.29. The molecule has 0 aromatic rings. The summed E-state index contributed by atoms with van der Waals surface area (Å²) < 4.78 is 0. The lowest BCUT2D eigenvalue weighted by Crippen LogP contribution is -2.40. The Morgan fingerprint density at radius 2 is 1.83 bits per heavy atom. The summed E-state index contributed by atoms with van der Waals surface area (Å²) in [6.45, 7) is 7.09. The maximum Gasteiger partial charge on any atom is 0.00805 e. The molecule has 4 atom stereocenters. The van der Waals surface area contributed by atoms with Crippen LogP contribution in [0.5, 0.6) is 0 Å². The first-order valence-electron chi connectivity index (χ1n) is 8.06. The van der Waals surface area contributed by atoms with Gasteiger partial charge in [0.25, 0.3) is 0 Å². The second-order valence-electron chi connectivity index (χ2n) is 6.62. The zero-order chi connectivity index (χ0) is 13.0. The summed E-state index contributed by atoms with van der Waals surface area (Å²) in [6, 6.07) is 1.64. The van der Waals surface area contributed by atoms with Crippen LogP contribution in [0.4, 0.5) is 0 Å². The van der Waals surface area contributed by atoms with Crippen molar-refractivity contribution in [2.75, 3.05) is 5.75 Å². The Morgan fingerprint density at radius 1 is 1.06 bits per heavy atom. The van der Waals surface area contributed by atoms with Gasteiger partial charge in [-0.3, -0.25) is 0 Å². The average Bonchev–Trinajstić information content (AvgIpc) is 2.77. The van der Waals surface area contributed by atoms with Gasteiger partial charge in [0.15, 0.2) is 0 Å². The lowest BCUT2D eigenvalue weighted by molar-refractivity contribution is 0.220. The molecular formula is C16H31NS. The maximum atomic E-state index is 3.98. The quantitative estimate of drug-likeness (QED) is 0.790. The fourth-order valence-corrected chi connectivity index (χ4v) is 4.94. The van der Waals surface area contributed by atoms with E-state index in [1.807, 2.05) is 0 Å². The Morgan fingerprint density at radius 3 is 2.56 bits per heavy atom. The zero-order valence-corrected chi connectivity index (χ0v) is 13.3. The summed E-state index contributed by atoms with van der Waals surface area (Å²) in [5, 5.41) is 4.92. The van der Waals surface area contributed by atoms with Gasteiger partial charge in [0, 0.05) is 17.3 Å². The lowest BCUT2D eigenvalue weighted by atomic mass is 9.79. The smallest absolute Gasteiger partial charge is 0.00805 e. The second kappa shape index (κ2) is 7.19. The Balaban J connectivity index is 1.73. The van der Waals surface area contributed by atoms with Gasteiger partial charge in [-0.15, -0.1) is 0 Å². The predicted octanol–water partition coefficient (Wildman–Crippen LogP) is 4.47. The van der Waals surface area contributed by atoms with Gasteiger partial charge in [0.05, 0.1) is 0 Å². The molecule has 0 radical (unpaired) electrons. The SMILES string of the molecule is CCSC1CCC(NC2CCCC(C(C)C)C2)C1. The predicted molar refractivity (Wildman–Crippen MR) is 83.3 cm³/mol. The van der Waals surface area contributed by atoms with Crippen molar-refractivity contribution in [3.05, 3.63) is 0 Å². The third kappa shape index (κ3) is 4.16. The van der Waals surface area contributed by atoms with Crippen LogP contribution in [0.3, 0.4) is 0 Å². The van der Waals surface area contributed by atoms with Gasteiger partial charge in [-0.2, -0.15) is 11.8 Å². The van der Waals surface area contributed by atoms with E-state index in [-0.39, 0.29) is 0 Å². The number of hydrogen-bond acceptors (Lipinski definition) is 2. The molecule has 0 spiro atoms. The highest BCUT2D eigenvalue weighted by molar-refractivity contribution is 7.99. The van der Waals surface area contributed by atoms with Crippen LogP contribution in [0, 0.1) is 11.8 Å². The Labute approximate surface area is 118 Å². The van der Waals surface area contributed by atoms with Crippen molar-refractivity contribution in [2.24, 2.45) is 11.8 Å². The normalized spacial score (nSPS) is 37.3. The van der Waals surface area contributed by atoms with Gasteiger partial charge in [-0.05, 0) is 49.7 Å². The minimum atomic E-state index is 0.821. The number of nitrogens with one attached hydrogen (secondary N) is 1. The molecule has 2 heteroatoms. The first kappa shape index (κ1) is 14.7. The van der Waals surface area contributed by atoms with Crippen molar-refractivity contribution < 1.29 is 0 Å². The first-order chi connectivity index (χ1) is 8.69. The largest absolute Gasteiger partial charge is 0.311 e. The van der Waals surface area contributed by atoms with Crippen LogP contribution in [-0.4, -0.2) is 23.1 Å². The summed E-state index contributed by atoms with van der Waals surface area (Å²) in [4.78, 5) is 0. The molecule has 2 aliphatic rings. The molecule has 2 fully saturated rings. The van der Waals surface area contributed by atoms with E-state index in [1.54, 1.807) is 0 Å². The summed E-state index contributed by atoms with van der Waals surface area (Å²) in [7, 11) is 0. The van der Waals surface area contributed by atoms with Crippen molar-refractivity contribution in [1.82, 2.24) is 5.32 Å². The molecule has 0 aliphatic heterocycles. The number of hydrogen-bond donors (Lipinski definition) is 1. The topological polar surface area (TPSA) is 12.0 Å². The summed E-state index contributed by atoms with van der Waals surface area (Å²) in [5.74, 6) is 3.14. The van der Waals surface area contributed by atoms with E-state index in [0.717, 1.165) is 29.2 Å². The highest BCUT2D eigenvalue weighted by Crippen LogP contribution is 2.33. The molecular weight excluding hydrogens is 238 g/mol. The molecule has 0 saturated heterocycles. The van der Waals surface area contributed by atoms with Crippen LogP contribution in [0.25, 0.3) is 0 Å². The van der Waals surface area contributed by atoms with Crippen LogP contribution in [0.2, 0.25) is 0 Å². The molecule has 106 valence electrons. The van der Waals surface area contributed by atoms with E-state index in [4.69, 9.17) is 0 Å². The van der Waals surface area contributed by atoms with Gasteiger partial charge in [-0.1, -0.05) is 33.6 Å². The van der Waals surface area contributed by atoms with Crippen LogP contribution in [-0.2, 0) is 0 Å². The molecule has 18 heavy (non-hydrogen) atoms. The molecule has 0 aromatic heterocycles. The molecule has 2 aliphatic carbocycles. The first-order valence-corrected chi connectivity index (χ1v) is 9.11. The van der Waals surface area contributed by atoms with E-state index in [2.05, 4.69) is 37.8 Å². The van der Waals surface area contributed by atoms with Crippen molar-refractivity contribution in [3.8, 4) is 0 Å². The Kier molecular flexibility index (Phi) is 5.88. The fourth-order valence-electron chi connectivity index (χ4n) is 3.80. The Hall–Kier alpha value is 0.310. The monoisotopic (exact) mass is 269 g/mol. The fraction of sp³-hybridized carbons (Fsp3) is 1.00. The Bertz CT molecular complexity index is 241. The number of rotatable bonds is 5. The van der Waals surface area contributed by atoms with E-state index in [9.17, 15) is 0 Å². The highest BCUT2D eigenvalue weighted by atomic mass is 32.2. The van der Waals surface area contributed by atoms with E-state index in [1.165, 1.54) is 50.7 Å². The van der Waals surface area contributed by atoms with Crippen LogP contribution >= 0.6 is 11.8 Å². The standard InChI is InChI=1S/C16H31NS/c1-4-18-16-9-8-15(11-16)17-14-7-5-6-13(10-14)12(2)3/h12-17H,4-11H2,1-3H3. The molecule has 1 N–H and O–H groups in total. The third-order valence-electron chi connectivity index (χ3n) is 4.92. The second-order valence-corrected chi connectivity index (χ2v) is 8.20. The van der Waals surface area contributed by atoms with Crippen LogP contribution in [0.1, 0.15) is 65.7 Å². The molecule has 2 rings (SSSR count). The van der Waals surface area contributed by atoms with Crippen LogP contribution < -0.4 is 5.32 Å². The number of thioether (sulfide) groups is 1. The molecule has 4 unspecified atom stereocenters. The molecule has 1 nitrogen and oxygen atoms in total. The van der Waals surface area contributed by atoms with Crippen molar-refractivity contribution in [2.45, 2.75) is 83.1 Å². The van der Waals surface area contributed by atoms with Gasteiger partial charge < -0.3 is 5.32 Å². The lowest BCUT2D eigenvalue weighted by Gasteiger charge is -2.34. The molecule has 0 amide bonds. The molecule has 2 saturated carbocycles. The minimum Gasteiger partial charge on any atom is -0.311 e. The zero-order valence-electron chi connectivity index (χ0n) is 12.5. The van der Waals surface area contributed by atoms with E-state index < -0.39 is 0 Å². The van der Waals surface area contributed by atoms with Gasteiger partial charge in [0.1, 0.15) is 0 Å². The van der Waals surface area contributed by atoms with Gasteiger partial charge >= 0.3 is 0 Å². The van der Waals surface area contributed by atoms with E-state index >= 15 is 0 Å². The van der Waals surface area contributed by atoms with Gasteiger partial charge in [0.2, 0.25) is 0 Å². The van der Waals surface area contributed by atoms with Crippen molar-refractivity contribution in [1.29, 1.82) is 0 Å². The molecule has 0 heterocycles. The van der Waals surface area contributed by atoms with E-state index in [0.29, 0.717) is 0 Å². The average molecular weight is 269 g/mol. The van der Waals surface area contributed by atoms with Gasteiger partial charge in [-0.25, -0.2) is 0 Å². The van der Waals surface area contributed by atoms with Crippen LogP contribution in [0.15, 0.2) is 0 Å². The van der Waals surface area contributed by atoms with Crippen molar-refractivity contribution in [3.63, 3.8) is 0 Å². The van der Waals surface area contributed by atoms with Crippen molar-refractivity contribution >= 4 is 11.8 Å². The molecule has 0 aromatic carbocycles. The summed E-state index contributed by atoms with van der Waals surface area (Å²) in [5.41, 5.74) is 0. The third-order valence-corrected chi connectivity index (χ3v) is 6.15. The maximum absolute atomic E-state index is 3.98. The summed E-state index contributed by atoms with van der Waals surface area (Å²) >= 11 is 2.17. The summed E-state index contributed by atoms with van der Waals surface area (Å²) in [6.07, 6.45) is 10.0.